The molecule has 0 radical (unpaired) electrons. The summed E-state index contributed by atoms with van der Waals surface area (Å²) in [5.41, 5.74) is 0.481. The molecule has 2 aromatic carbocycles. The summed E-state index contributed by atoms with van der Waals surface area (Å²) in [6.45, 7) is 3.10. The van der Waals surface area contributed by atoms with Crippen molar-refractivity contribution in [2.24, 2.45) is 0 Å². The average Bonchev–Trinajstić information content (AvgIpc) is 3.14. The molecule has 3 rings (SSSR count). The Morgan fingerprint density at radius 3 is 2.55 bits per heavy atom. The fourth-order valence-electron chi connectivity index (χ4n) is 2.69. The van der Waals surface area contributed by atoms with E-state index in [1.807, 2.05) is 13.0 Å². The minimum atomic E-state index is -4.53. The molecule has 3 aromatic rings. The van der Waals surface area contributed by atoms with Crippen molar-refractivity contribution in [3.8, 4) is 5.75 Å². The number of nitrogens with zero attached hydrogens (tertiary/aromatic N) is 2. The Hall–Kier alpha value is -3.46. The van der Waals surface area contributed by atoms with Crippen molar-refractivity contribution < 1.29 is 27.5 Å². The van der Waals surface area contributed by atoms with Crippen LogP contribution in [0.25, 0.3) is 6.08 Å². The van der Waals surface area contributed by atoms with Crippen molar-refractivity contribution in [2.45, 2.75) is 20.0 Å². The van der Waals surface area contributed by atoms with Crippen molar-refractivity contribution >= 4 is 40.1 Å². The van der Waals surface area contributed by atoms with E-state index in [9.17, 15) is 22.8 Å². The van der Waals surface area contributed by atoms with Gasteiger partial charge in [-0.2, -0.15) is 13.2 Å². The normalized spacial score (nSPS) is 11.5. The summed E-state index contributed by atoms with van der Waals surface area (Å²) in [4.78, 5) is 29.5. The number of rotatable bonds is 5. The third-order valence-electron chi connectivity index (χ3n) is 4.05. The van der Waals surface area contributed by atoms with E-state index in [1.54, 1.807) is 23.6 Å². The lowest BCUT2D eigenvalue weighted by Gasteiger charge is -2.19. The number of ether oxygens (including phenoxy) is 1. The van der Waals surface area contributed by atoms with Crippen LogP contribution >= 0.6 is 11.3 Å². The Balaban J connectivity index is 1.78. The van der Waals surface area contributed by atoms with Crippen molar-refractivity contribution in [1.29, 1.82) is 0 Å². The number of carbonyl (C=O) groups is 2. The first kappa shape index (κ1) is 22.2. The molecule has 0 atom stereocenters. The maximum absolute atomic E-state index is 13.0. The van der Waals surface area contributed by atoms with Crippen LogP contribution in [-0.4, -0.2) is 16.9 Å². The first-order chi connectivity index (χ1) is 14.6. The first-order valence-electron chi connectivity index (χ1n) is 9.03. The summed E-state index contributed by atoms with van der Waals surface area (Å²) in [7, 11) is 0. The highest BCUT2D eigenvalue weighted by Gasteiger charge is 2.31. The maximum atomic E-state index is 13.0. The van der Waals surface area contributed by atoms with Gasteiger partial charge >= 0.3 is 12.1 Å². The van der Waals surface area contributed by atoms with Crippen LogP contribution in [0.3, 0.4) is 0 Å². The van der Waals surface area contributed by atoms with Gasteiger partial charge in [-0.25, -0.2) is 9.78 Å². The van der Waals surface area contributed by atoms with Crippen LogP contribution in [0.15, 0.2) is 60.0 Å². The highest BCUT2D eigenvalue weighted by atomic mass is 32.1. The third kappa shape index (κ3) is 5.79. The van der Waals surface area contributed by atoms with Crippen LogP contribution in [0, 0.1) is 6.92 Å². The zero-order chi connectivity index (χ0) is 22.6. The number of thiazole rings is 1. The molecule has 0 saturated carbocycles. The minimum Gasteiger partial charge on any atom is -0.423 e. The van der Waals surface area contributed by atoms with E-state index in [2.05, 4.69) is 4.98 Å². The molecule has 0 aliphatic carbocycles. The molecule has 0 fully saturated rings. The molecule has 31 heavy (non-hydrogen) atoms. The predicted molar refractivity (Wildman–Crippen MR) is 112 cm³/mol. The van der Waals surface area contributed by atoms with Gasteiger partial charge in [-0.05, 0) is 48.9 Å². The highest BCUT2D eigenvalue weighted by molar-refractivity contribution is 7.14. The third-order valence-corrected chi connectivity index (χ3v) is 4.89. The Morgan fingerprint density at radius 2 is 1.87 bits per heavy atom. The molecule has 0 bridgehead atoms. The van der Waals surface area contributed by atoms with Crippen molar-refractivity contribution in [3.63, 3.8) is 0 Å². The second-order valence-corrected chi connectivity index (χ2v) is 7.36. The van der Waals surface area contributed by atoms with E-state index in [0.717, 1.165) is 33.9 Å². The summed E-state index contributed by atoms with van der Waals surface area (Å²) >= 11 is 1.06. The number of benzene rings is 2. The Morgan fingerprint density at radius 1 is 1.13 bits per heavy atom. The number of hydrogen-bond acceptors (Lipinski definition) is 5. The summed E-state index contributed by atoms with van der Waals surface area (Å²) in [5, 5.41) is 1.76. The Kier molecular flexibility index (Phi) is 6.55. The maximum Gasteiger partial charge on any atom is 0.416 e. The Bertz CT molecular complexity index is 1140. The topological polar surface area (TPSA) is 59.5 Å². The van der Waals surface area contributed by atoms with Crippen molar-refractivity contribution in [1.82, 2.24) is 4.98 Å². The summed E-state index contributed by atoms with van der Waals surface area (Å²) in [5.74, 6) is -0.703. The van der Waals surface area contributed by atoms with Gasteiger partial charge in [0.2, 0.25) is 5.91 Å². The van der Waals surface area contributed by atoms with E-state index in [1.165, 1.54) is 31.2 Å². The largest absolute Gasteiger partial charge is 0.423 e. The highest BCUT2D eigenvalue weighted by Crippen LogP contribution is 2.35. The van der Waals surface area contributed by atoms with Crippen LogP contribution in [-0.2, 0) is 15.8 Å². The van der Waals surface area contributed by atoms with Crippen LogP contribution in [0.4, 0.5) is 24.0 Å². The summed E-state index contributed by atoms with van der Waals surface area (Å²) in [6.07, 6.45) is -1.95. The number of anilines is 2. The van der Waals surface area contributed by atoms with Gasteiger partial charge in [-0.15, -0.1) is 11.3 Å². The molecule has 0 spiro atoms. The van der Waals surface area contributed by atoms with Gasteiger partial charge in [0.05, 0.1) is 16.9 Å². The second kappa shape index (κ2) is 9.13. The SMILES string of the molecule is CC(=O)N(c1cccc(C(F)(F)F)c1)c1nc(/C=C/C(=O)Oc2cccc(C)c2)cs1. The van der Waals surface area contributed by atoms with Crippen LogP contribution < -0.4 is 9.64 Å². The number of esters is 1. The second-order valence-electron chi connectivity index (χ2n) is 6.53. The van der Waals surface area contributed by atoms with Gasteiger partial charge in [0.25, 0.3) is 0 Å². The predicted octanol–water partition coefficient (Wildman–Crippen LogP) is 5.77. The lowest BCUT2D eigenvalue weighted by molar-refractivity contribution is -0.137. The summed E-state index contributed by atoms with van der Waals surface area (Å²) < 4.78 is 44.3. The summed E-state index contributed by atoms with van der Waals surface area (Å²) in [6, 6.07) is 11.4. The quantitative estimate of drug-likeness (QED) is 0.283. The van der Waals surface area contributed by atoms with Crippen LogP contribution in [0.5, 0.6) is 5.75 Å². The van der Waals surface area contributed by atoms with E-state index in [0.29, 0.717) is 11.4 Å². The van der Waals surface area contributed by atoms with Gasteiger partial charge in [0.1, 0.15) is 5.75 Å². The van der Waals surface area contributed by atoms with Gasteiger partial charge in [-0.3, -0.25) is 9.69 Å². The lowest BCUT2D eigenvalue weighted by atomic mass is 10.2. The van der Waals surface area contributed by atoms with Gasteiger partial charge in [0.15, 0.2) is 5.13 Å². The molecule has 9 heteroatoms. The number of carbonyl (C=O) groups excluding carboxylic acids is 2. The molecule has 0 aliphatic rings. The standard InChI is InChI=1S/C22H17F3N2O3S/c1-14-5-3-8-19(11-14)30-20(29)10-9-17-13-31-21(26-17)27(15(2)28)18-7-4-6-16(12-18)22(23,24)25/h3-13H,1-2H3/b10-9+. The molecule has 1 aromatic heterocycles. The molecular weight excluding hydrogens is 429 g/mol. The van der Waals surface area contributed by atoms with Gasteiger partial charge < -0.3 is 4.74 Å². The first-order valence-corrected chi connectivity index (χ1v) is 9.91. The fraction of sp³-hybridized carbons (Fsp3) is 0.136. The minimum absolute atomic E-state index is 0.0473. The fourth-order valence-corrected chi connectivity index (χ4v) is 3.54. The van der Waals surface area contributed by atoms with E-state index >= 15 is 0 Å². The molecule has 5 nitrogen and oxygen atoms in total. The van der Waals surface area contributed by atoms with E-state index in [4.69, 9.17) is 4.74 Å². The molecule has 1 amide bonds. The molecule has 0 unspecified atom stereocenters. The zero-order valence-electron chi connectivity index (χ0n) is 16.5. The molecule has 0 N–H and O–H groups in total. The Labute approximate surface area is 180 Å². The molecule has 0 saturated heterocycles. The van der Waals surface area contributed by atoms with Crippen molar-refractivity contribution in [3.05, 3.63) is 76.8 Å². The molecule has 0 aliphatic heterocycles. The average molecular weight is 446 g/mol. The number of halogens is 3. The molecule has 1 heterocycles. The number of hydrogen-bond donors (Lipinski definition) is 0. The number of aromatic nitrogens is 1. The zero-order valence-corrected chi connectivity index (χ0v) is 17.3. The van der Waals surface area contributed by atoms with E-state index in [-0.39, 0.29) is 10.8 Å². The number of amides is 1. The number of alkyl halides is 3. The van der Waals surface area contributed by atoms with Crippen molar-refractivity contribution in [2.75, 3.05) is 4.90 Å². The monoisotopic (exact) mass is 446 g/mol. The lowest BCUT2D eigenvalue weighted by Crippen LogP contribution is -2.23. The van der Waals surface area contributed by atoms with Crippen LogP contribution in [0.1, 0.15) is 23.7 Å². The van der Waals surface area contributed by atoms with E-state index < -0.39 is 23.6 Å². The van der Waals surface area contributed by atoms with Crippen LogP contribution in [0.2, 0.25) is 0 Å². The molecule has 160 valence electrons. The van der Waals surface area contributed by atoms with Gasteiger partial charge in [0, 0.05) is 18.4 Å². The number of aryl methyl sites for hydroxylation is 1. The van der Waals surface area contributed by atoms with Gasteiger partial charge in [-0.1, -0.05) is 18.2 Å². The smallest absolute Gasteiger partial charge is 0.416 e. The molecular formula is C22H17F3N2O3S.